The zero-order chi connectivity index (χ0) is 13.9. The standard InChI is InChI=1S/C12H20N4O2S/c1-16(9-10-4-2-3-7-14-10)12-6-5-11(8-15-12)19(13,17)18/h5-6,8,10,14H,2-4,7,9H2,1H3,(H2,13,17,18). The van der Waals surface area contributed by atoms with Crippen LogP contribution in [0.1, 0.15) is 19.3 Å². The van der Waals surface area contributed by atoms with Crippen molar-refractivity contribution in [2.75, 3.05) is 25.0 Å². The second-order valence-corrected chi connectivity index (χ2v) is 6.49. The van der Waals surface area contributed by atoms with Gasteiger partial charge in [0.25, 0.3) is 0 Å². The monoisotopic (exact) mass is 284 g/mol. The van der Waals surface area contributed by atoms with Crippen molar-refractivity contribution in [3.8, 4) is 0 Å². The Morgan fingerprint density at radius 2 is 2.26 bits per heavy atom. The Hall–Kier alpha value is -1.18. The SMILES string of the molecule is CN(CC1CCCCN1)c1ccc(S(N)(=O)=O)cn1. The van der Waals surface area contributed by atoms with E-state index in [4.69, 9.17) is 5.14 Å². The molecular weight excluding hydrogens is 264 g/mol. The smallest absolute Gasteiger partial charge is 0.239 e. The topological polar surface area (TPSA) is 88.3 Å². The zero-order valence-corrected chi connectivity index (χ0v) is 11.9. The van der Waals surface area contributed by atoms with Gasteiger partial charge >= 0.3 is 0 Å². The van der Waals surface area contributed by atoms with Gasteiger partial charge < -0.3 is 10.2 Å². The maximum atomic E-state index is 11.1. The summed E-state index contributed by atoms with van der Waals surface area (Å²) in [6.45, 7) is 1.93. The first-order valence-corrected chi connectivity index (χ1v) is 7.95. The average Bonchev–Trinajstić information content (AvgIpc) is 2.39. The summed E-state index contributed by atoms with van der Waals surface area (Å²) in [7, 11) is -1.71. The van der Waals surface area contributed by atoms with E-state index in [0.29, 0.717) is 6.04 Å². The van der Waals surface area contributed by atoms with E-state index in [2.05, 4.69) is 10.3 Å². The number of sulfonamides is 1. The molecule has 0 aromatic carbocycles. The average molecular weight is 284 g/mol. The highest BCUT2D eigenvalue weighted by Crippen LogP contribution is 2.14. The zero-order valence-electron chi connectivity index (χ0n) is 11.0. The van der Waals surface area contributed by atoms with Crippen molar-refractivity contribution in [3.05, 3.63) is 18.3 Å². The molecular formula is C12H20N4O2S. The molecule has 1 saturated heterocycles. The molecule has 0 radical (unpaired) electrons. The lowest BCUT2D eigenvalue weighted by molar-refractivity contribution is 0.403. The number of likely N-dealkylation sites (N-methyl/N-ethyl adjacent to an activating group) is 1. The summed E-state index contributed by atoms with van der Waals surface area (Å²) < 4.78 is 22.3. The molecule has 2 heterocycles. The molecule has 0 aliphatic carbocycles. The molecule has 6 nitrogen and oxygen atoms in total. The lowest BCUT2D eigenvalue weighted by Gasteiger charge is -2.28. The molecule has 1 aliphatic rings. The number of hydrogen-bond donors (Lipinski definition) is 2. The van der Waals surface area contributed by atoms with E-state index in [-0.39, 0.29) is 4.90 Å². The van der Waals surface area contributed by atoms with Crippen molar-refractivity contribution in [2.24, 2.45) is 5.14 Å². The summed E-state index contributed by atoms with van der Waals surface area (Å²) in [6.07, 6.45) is 4.96. The molecule has 1 aromatic heterocycles. The van der Waals surface area contributed by atoms with Crippen LogP contribution in [-0.2, 0) is 10.0 Å². The third-order valence-electron chi connectivity index (χ3n) is 3.35. The van der Waals surface area contributed by atoms with Crippen LogP contribution in [0.2, 0.25) is 0 Å². The lowest BCUT2D eigenvalue weighted by atomic mass is 10.0. The molecule has 3 N–H and O–H groups in total. The third-order valence-corrected chi connectivity index (χ3v) is 4.25. The number of anilines is 1. The van der Waals surface area contributed by atoms with Gasteiger partial charge in [0.05, 0.1) is 0 Å². The van der Waals surface area contributed by atoms with Gasteiger partial charge in [0, 0.05) is 25.8 Å². The molecule has 1 atom stereocenters. The maximum Gasteiger partial charge on any atom is 0.239 e. The van der Waals surface area contributed by atoms with E-state index >= 15 is 0 Å². The van der Waals surface area contributed by atoms with E-state index in [0.717, 1.165) is 18.9 Å². The minimum absolute atomic E-state index is 0.0421. The maximum absolute atomic E-state index is 11.1. The number of nitrogens with one attached hydrogen (secondary N) is 1. The van der Waals surface area contributed by atoms with Crippen LogP contribution >= 0.6 is 0 Å². The van der Waals surface area contributed by atoms with E-state index in [9.17, 15) is 8.42 Å². The van der Waals surface area contributed by atoms with Crippen molar-refractivity contribution in [1.82, 2.24) is 10.3 Å². The first kappa shape index (κ1) is 14.2. The summed E-state index contributed by atoms with van der Waals surface area (Å²) in [5, 5.41) is 8.51. The predicted molar refractivity (Wildman–Crippen MR) is 74.5 cm³/mol. The number of aromatic nitrogens is 1. The van der Waals surface area contributed by atoms with Gasteiger partial charge in [0.1, 0.15) is 10.7 Å². The molecule has 106 valence electrons. The van der Waals surface area contributed by atoms with Crippen LogP contribution in [0.25, 0.3) is 0 Å². The second-order valence-electron chi connectivity index (χ2n) is 4.92. The molecule has 0 spiro atoms. The molecule has 0 saturated carbocycles. The number of hydrogen-bond acceptors (Lipinski definition) is 5. The lowest BCUT2D eigenvalue weighted by Crippen LogP contribution is -2.42. The van der Waals surface area contributed by atoms with Gasteiger partial charge in [0.15, 0.2) is 0 Å². The highest BCUT2D eigenvalue weighted by molar-refractivity contribution is 7.89. The highest BCUT2D eigenvalue weighted by atomic mass is 32.2. The van der Waals surface area contributed by atoms with Gasteiger partial charge in [-0.1, -0.05) is 6.42 Å². The van der Waals surface area contributed by atoms with Crippen LogP contribution in [0.5, 0.6) is 0 Å². The summed E-state index contributed by atoms with van der Waals surface area (Å²) in [4.78, 5) is 6.22. The van der Waals surface area contributed by atoms with E-state index in [1.165, 1.54) is 31.5 Å². The fourth-order valence-electron chi connectivity index (χ4n) is 2.27. The van der Waals surface area contributed by atoms with Crippen molar-refractivity contribution in [1.29, 1.82) is 0 Å². The number of nitrogens with two attached hydrogens (primary N) is 1. The van der Waals surface area contributed by atoms with Crippen LogP contribution < -0.4 is 15.4 Å². The first-order chi connectivity index (χ1) is 8.97. The number of primary sulfonamides is 1. The van der Waals surface area contributed by atoms with Gasteiger partial charge in [-0.2, -0.15) is 0 Å². The quantitative estimate of drug-likeness (QED) is 0.830. The molecule has 19 heavy (non-hydrogen) atoms. The van der Waals surface area contributed by atoms with Crippen LogP contribution in [-0.4, -0.2) is 39.6 Å². The largest absolute Gasteiger partial charge is 0.358 e. The molecule has 7 heteroatoms. The fraction of sp³-hybridized carbons (Fsp3) is 0.583. The summed E-state index contributed by atoms with van der Waals surface area (Å²) in [5.74, 6) is 0.750. The molecule has 1 aliphatic heterocycles. The molecule has 1 fully saturated rings. The minimum atomic E-state index is -3.67. The molecule has 1 aromatic rings. The van der Waals surface area contributed by atoms with Crippen LogP contribution in [0.4, 0.5) is 5.82 Å². The summed E-state index contributed by atoms with van der Waals surface area (Å²) in [6, 6.07) is 3.64. The van der Waals surface area contributed by atoms with Gasteiger partial charge in [-0.3, -0.25) is 0 Å². The predicted octanol–water partition coefficient (Wildman–Crippen LogP) is 0.307. The second kappa shape index (κ2) is 5.85. The molecule has 0 amide bonds. The van der Waals surface area contributed by atoms with Gasteiger partial charge in [0.2, 0.25) is 10.0 Å². The van der Waals surface area contributed by atoms with E-state index < -0.39 is 10.0 Å². The Morgan fingerprint density at radius 3 is 2.79 bits per heavy atom. The van der Waals surface area contributed by atoms with Crippen molar-refractivity contribution in [3.63, 3.8) is 0 Å². The van der Waals surface area contributed by atoms with Crippen molar-refractivity contribution in [2.45, 2.75) is 30.2 Å². The number of rotatable bonds is 4. The van der Waals surface area contributed by atoms with Gasteiger partial charge in [-0.05, 0) is 31.5 Å². The van der Waals surface area contributed by atoms with Gasteiger partial charge in [-0.15, -0.1) is 0 Å². The Labute approximate surface area is 114 Å². The Morgan fingerprint density at radius 1 is 1.47 bits per heavy atom. The van der Waals surface area contributed by atoms with Crippen LogP contribution in [0, 0.1) is 0 Å². The third kappa shape index (κ3) is 3.89. The fourth-order valence-corrected chi connectivity index (χ4v) is 2.73. The summed E-state index contributed by atoms with van der Waals surface area (Å²) in [5.41, 5.74) is 0. The number of piperidine rings is 1. The Bertz CT molecular complexity index is 509. The Kier molecular flexibility index (Phi) is 4.38. The normalized spacial score (nSPS) is 20.2. The molecule has 0 bridgehead atoms. The number of pyridine rings is 1. The van der Waals surface area contributed by atoms with Gasteiger partial charge in [-0.25, -0.2) is 18.5 Å². The molecule has 2 rings (SSSR count). The molecule has 1 unspecified atom stereocenters. The number of nitrogens with zero attached hydrogens (tertiary/aromatic N) is 2. The van der Waals surface area contributed by atoms with Crippen molar-refractivity contribution < 1.29 is 8.42 Å². The van der Waals surface area contributed by atoms with Crippen LogP contribution in [0.15, 0.2) is 23.2 Å². The van der Waals surface area contributed by atoms with Crippen LogP contribution in [0.3, 0.4) is 0 Å². The summed E-state index contributed by atoms with van der Waals surface area (Å²) >= 11 is 0. The highest BCUT2D eigenvalue weighted by Gasteiger charge is 2.16. The minimum Gasteiger partial charge on any atom is -0.358 e. The van der Waals surface area contributed by atoms with Crippen molar-refractivity contribution >= 4 is 15.8 Å². The Balaban J connectivity index is 2.01. The van der Waals surface area contributed by atoms with E-state index in [1.54, 1.807) is 6.07 Å². The first-order valence-electron chi connectivity index (χ1n) is 6.40. The van der Waals surface area contributed by atoms with E-state index in [1.807, 2.05) is 11.9 Å².